The molecule has 13 rings (SSSR count). The van der Waals surface area contributed by atoms with E-state index in [1.165, 1.54) is 61.2 Å². The van der Waals surface area contributed by atoms with Gasteiger partial charge in [-0.25, -0.2) is 15.0 Å². The van der Waals surface area contributed by atoms with E-state index in [9.17, 15) is 0 Å². The Morgan fingerprint density at radius 1 is 0.339 bits per heavy atom. The third kappa shape index (κ3) is 4.15. The van der Waals surface area contributed by atoms with Gasteiger partial charge in [-0.1, -0.05) is 178 Å². The highest BCUT2D eigenvalue weighted by Gasteiger charge is 2.52. The quantitative estimate of drug-likeness (QED) is 0.180. The summed E-state index contributed by atoms with van der Waals surface area (Å²) in [5.41, 5.74) is 18.8. The predicted molar refractivity (Wildman–Crippen MR) is 237 cm³/mol. The van der Waals surface area contributed by atoms with Gasteiger partial charge in [0.2, 0.25) is 0 Å². The van der Waals surface area contributed by atoms with Crippen LogP contribution in [0.4, 0.5) is 0 Å². The van der Waals surface area contributed by atoms with Crippen LogP contribution in [0.2, 0.25) is 0 Å². The maximum atomic E-state index is 6.63. The molecule has 0 saturated carbocycles. The van der Waals surface area contributed by atoms with E-state index in [1.54, 1.807) is 0 Å². The Hall–Kier alpha value is -7.43. The van der Waals surface area contributed by atoms with Crippen LogP contribution >= 0.6 is 0 Å². The number of benzene rings is 8. The van der Waals surface area contributed by atoms with Crippen LogP contribution in [0.1, 0.15) is 47.2 Å². The fourth-order valence-electron chi connectivity index (χ4n) is 10.9. The third-order valence-corrected chi connectivity index (χ3v) is 13.4. The van der Waals surface area contributed by atoms with Gasteiger partial charge < -0.3 is 4.42 Å². The Balaban J connectivity index is 1.12. The number of rotatable bonds is 3. The molecule has 0 unspecified atom stereocenters. The van der Waals surface area contributed by atoms with Gasteiger partial charge in [0.1, 0.15) is 11.2 Å². The molecule has 0 fully saturated rings. The van der Waals surface area contributed by atoms with Gasteiger partial charge >= 0.3 is 0 Å². The lowest BCUT2D eigenvalue weighted by molar-refractivity contribution is 0.660. The van der Waals surface area contributed by atoms with E-state index < -0.39 is 5.41 Å². The molecule has 0 saturated heterocycles. The average Bonchev–Trinajstić information content (AvgIpc) is 3.99. The molecular formula is C55H35N3O. The first-order valence-corrected chi connectivity index (χ1v) is 20.4. The molecule has 2 heterocycles. The predicted octanol–water partition coefficient (Wildman–Crippen LogP) is 13.4. The monoisotopic (exact) mass is 753 g/mol. The van der Waals surface area contributed by atoms with Crippen molar-refractivity contribution < 1.29 is 4.42 Å². The standard InChI is InChI=1S/C55H35N3O/c1-54(2)41-25-8-5-19-36(41)48-38(22-14-29-45(48)54)51-56-52(58-53(57-51)40-24-13-21-35-34-18-7-12-31-47(34)59-50(35)40)39-23-15-30-46-49(39)37-20-6-11-28-44(37)55(46)42-26-9-3-16-32(42)33-17-4-10-27-43(33)55/h3-31H,1-2H3. The second kappa shape index (κ2) is 11.6. The summed E-state index contributed by atoms with van der Waals surface area (Å²) in [4.78, 5) is 16.4. The smallest absolute Gasteiger partial charge is 0.167 e. The Morgan fingerprint density at radius 2 is 0.746 bits per heavy atom. The lowest BCUT2D eigenvalue weighted by Gasteiger charge is -2.30. The van der Waals surface area contributed by atoms with Crippen LogP contribution in [0.15, 0.2) is 180 Å². The van der Waals surface area contributed by atoms with Crippen molar-refractivity contribution in [1.29, 1.82) is 0 Å². The fourth-order valence-corrected chi connectivity index (χ4v) is 10.9. The van der Waals surface area contributed by atoms with Crippen molar-refractivity contribution in [1.82, 2.24) is 15.0 Å². The molecule has 3 aliphatic rings. The SMILES string of the molecule is CC1(C)c2ccccc2-c2c(-c3nc(-c4cccc5c4-c4ccccc4C54c5ccccc5-c5ccccc54)nc(-c4cccc5c4oc4ccccc45)n3)cccc21. The maximum Gasteiger partial charge on any atom is 0.167 e. The minimum absolute atomic E-state index is 0.174. The van der Waals surface area contributed by atoms with Crippen molar-refractivity contribution in [2.45, 2.75) is 24.7 Å². The normalized spacial score (nSPS) is 14.5. The molecule has 10 aromatic rings. The number of furan rings is 1. The van der Waals surface area contributed by atoms with E-state index in [0.717, 1.165) is 44.2 Å². The Bertz CT molecular complexity index is 3400. The van der Waals surface area contributed by atoms with Crippen molar-refractivity contribution in [3.05, 3.63) is 209 Å². The average molecular weight is 754 g/mol. The molecule has 276 valence electrons. The number of para-hydroxylation sites is 2. The molecule has 0 aliphatic heterocycles. The van der Waals surface area contributed by atoms with Crippen LogP contribution in [0.3, 0.4) is 0 Å². The summed E-state index contributed by atoms with van der Waals surface area (Å²) in [6, 6.07) is 63.3. The number of aromatic nitrogens is 3. The first-order valence-electron chi connectivity index (χ1n) is 20.4. The van der Waals surface area contributed by atoms with Crippen LogP contribution in [0, 0.1) is 0 Å². The van der Waals surface area contributed by atoms with E-state index in [1.807, 2.05) is 12.1 Å². The van der Waals surface area contributed by atoms with E-state index in [4.69, 9.17) is 19.4 Å². The van der Waals surface area contributed by atoms with Gasteiger partial charge in [0.15, 0.2) is 17.5 Å². The molecule has 2 aromatic heterocycles. The van der Waals surface area contributed by atoms with Gasteiger partial charge in [-0.05, 0) is 78.9 Å². The minimum Gasteiger partial charge on any atom is -0.455 e. The summed E-state index contributed by atoms with van der Waals surface area (Å²) in [5.74, 6) is 1.84. The molecule has 0 bridgehead atoms. The van der Waals surface area contributed by atoms with Crippen molar-refractivity contribution >= 4 is 21.9 Å². The van der Waals surface area contributed by atoms with Crippen LogP contribution in [-0.2, 0) is 10.8 Å². The van der Waals surface area contributed by atoms with Crippen molar-refractivity contribution in [3.63, 3.8) is 0 Å². The number of hydrogen-bond acceptors (Lipinski definition) is 4. The van der Waals surface area contributed by atoms with Gasteiger partial charge in [-0.3, -0.25) is 0 Å². The Kier molecular flexibility index (Phi) is 6.41. The Morgan fingerprint density at radius 3 is 1.41 bits per heavy atom. The maximum absolute atomic E-state index is 6.63. The summed E-state index contributed by atoms with van der Waals surface area (Å²) in [6.07, 6.45) is 0. The largest absolute Gasteiger partial charge is 0.455 e. The van der Waals surface area contributed by atoms with E-state index in [0.29, 0.717) is 17.5 Å². The highest BCUT2D eigenvalue weighted by molar-refractivity contribution is 6.09. The summed E-state index contributed by atoms with van der Waals surface area (Å²) < 4.78 is 6.63. The molecule has 4 heteroatoms. The van der Waals surface area contributed by atoms with E-state index in [2.05, 4.69) is 178 Å². The molecule has 59 heavy (non-hydrogen) atoms. The van der Waals surface area contributed by atoms with Crippen molar-refractivity contribution in [3.8, 4) is 67.5 Å². The summed E-state index contributed by atoms with van der Waals surface area (Å²) in [5, 5.41) is 2.10. The molecule has 3 aliphatic carbocycles. The van der Waals surface area contributed by atoms with Crippen molar-refractivity contribution in [2.75, 3.05) is 0 Å². The van der Waals surface area contributed by atoms with Crippen LogP contribution in [0.5, 0.6) is 0 Å². The molecule has 0 radical (unpaired) electrons. The summed E-state index contributed by atoms with van der Waals surface area (Å²) in [6.45, 7) is 4.63. The van der Waals surface area contributed by atoms with Gasteiger partial charge in [-0.2, -0.15) is 0 Å². The van der Waals surface area contributed by atoms with Gasteiger partial charge in [0, 0.05) is 27.3 Å². The number of nitrogens with zero attached hydrogens (tertiary/aromatic N) is 3. The lowest BCUT2D eigenvalue weighted by Crippen LogP contribution is -2.25. The molecule has 4 nitrogen and oxygen atoms in total. The third-order valence-electron chi connectivity index (χ3n) is 13.4. The van der Waals surface area contributed by atoms with Gasteiger partial charge in [0.05, 0.1) is 11.0 Å². The summed E-state index contributed by atoms with van der Waals surface area (Å²) in [7, 11) is 0. The zero-order chi connectivity index (χ0) is 39.0. The number of fused-ring (bicyclic) bond motifs is 16. The zero-order valence-electron chi connectivity index (χ0n) is 32.5. The topological polar surface area (TPSA) is 51.8 Å². The highest BCUT2D eigenvalue weighted by atomic mass is 16.3. The Labute approximate surface area is 341 Å². The molecule has 0 N–H and O–H groups in total. The highest BCUT2D eigenvalue weighted by Crippen LogP contribution is 2.64. The van der Waals surface area contributed by atoms with Crippen LogP contribution in [0.25, 0.3) is 89.5 Å². The molecule has 8 aromatic carbocycles. The lowest BCUT2D eigenvalue weighted by atomic mass is 9.70. The van der Waals surface area contributed by atoms with Crippen LogP contribution in [-0.4, -0.2) is 15.0 Å². The first-order chi connectivity index (χ1) is 29.0. The molecule has 0 amide bonds. The van der Waals surface area contributed by atoms with Crippen LogP contribution < -0.4 is 0 Å². The van der Waals surface area contributed by atoms with Crippen molar-refractivity contribution in [2.24, 2.45) is 0 Å². The van der Waals surface area contributed by atoms with E-state index >= 15 is 0 Å². The van der Waals surface area contributed by atoms with Gasteiger partial charge in [-0.15, -0.1) is 0 Å². The molecular weight excluding hydrogens is 719 g/mol. The minimum atomic E-state index is -0.483. The second-order valence-corrected chi connectivity index (χ2v) is 16.6. The molecule has 1 spiro atoms. The van der Waals surface area contributed by atoms with Gasteiger partial charge in [0.25, 0.3) is 0 Å². The fraction of sp³-hybridized carbons (Fsp3) is 0.0727. The first kappa shape index (κ1) is 32.6. The molecule has 0 atom stereocenters. The second-order valence-electron chi connectivity index (χ2n) is 16.6. The number of hydrogen-bond donors (Lipinski definition) is 0. The zero-order valence-corrected chi connectivity index (χ0v) is 32.5. The summed E-state index contributed by atoms with van der Waals surface area (Å²) >= 11 is 0. The van der Waals surface area contributed by atoms with E-state index in [-0.39, 0.29) is 5.41 Å².